The van der Waals surface area contributed by atoms with Crippen molar-refractivity contribution in [1.29, 1.82) is 0 Å². The van der Waals surface area contributed by atoms with Gasteiger partial charge in [0, 0.05) is 30.1 Å². The Morgan fingerprint density at radius 2 is 1.94 bits per heavy atom. The molecule has 2 aromatic heterocycles. The van der Waals surface area contributed by atoms with E-state index in [4.69, 9.17) is 10.5 Å². The number of nitrogens with zero attached hydrogens (tertiary/aromatic N) is 4. The fourth-order valence-corrected chi connectivity index (χ4v) is 4.07. The van der Waals surface area contributed by atoms with Gasteiger partial charge in [0.25, 0.3) is 0 Å². The van der Waals surface area contributed by atoms with Gasteiger partial charge in [-0.3, -0.25) is 4.98 Å². The Balaban J connectivity index is 1.60. The molecule has 0 bridgehead atoms. The molecular formula is C23H29N5O3. The van der Waals surface area contributed by atoms with Crippen LogP contribution in [0.4, 0.5) is 10.6 Å². The maximum absolute atomic E-state index is 12.4. The number of aliphatic hydroxyl groups is 1. The first-order valence-electron chi connectivity index (χ1n) is 10.5. The molecule has 1 aliphatic heterocycles. The zero-order chi connectivity index (χ0) is 22.2. The predicted molar refractivity (Wildman–Crippen MR) is 119 cm³/mol. The third-order valence-electron chi connectivity index (χ3n) is 5.82. The Bertz CT molecular complexity index is 1090. The highest BCUT2D eigenvalue weighted by Gasteiger charge is 2.39. The van der Waals surface area contributed by atoms with Crippen molar-refractivity contribution in [2.45, 2.75) is 44.6 Å². The summed E-state index contributed by atoms with van der Waals surface area (Å²) in [6, 6.07) is 11.6. The number of hydrogen-bond acceptors (Lipinski definition) is 6. The molecule has 0 radical (unpaired) electrons. The monoisotopic (exact) mass is 423 g/mol. The van der Waals surface area contributed by atoms with Gasteiger partial charge in [0.15, 0.2) is 5.82 Å². The van der Waals surface area contributed by atoms with Crippen LogP contribution in [-0.2, 0) is 10.2 Å². The van der Waals surface area contributed by atoms with E-state index in [1.54, 1.807) is 15.8 Å². The Kier molecular flexibility index (Phi) is 5.35. The number of nitrogens with two attached hydrogens (primary N) is 1. The normalized spacial score (nSPS) is 16.5. The van der Waals surface area contributed by atoms with E-state index in [1.807, 2.05) is 57.2 Å². The number of carbonyl (C=O) groups is 1. The Morgan fingerprint density at radius 3 is 2.61 bits per heavy atom. The minimum atomic E-state index is -0.535. The number of anilines is 1. The van der Waals surface area contributed by atoms with Gasteiger partial charge in [-0.25, -0.2) is 9.48 Å². The molecule has 1 aromatic carbocycles. The zero-order valence-electron chi connectivity index (χ0n) is 18.2. The quantitative estimate of drug-likeness (QED) is 0.670. The number of fused-ring (bicyclic) bond motifs is 1. The molecule has 1 amide bonds. The molecule has 31 heavy (non-hydrogen) atoms. The van der Waals surface area contributed by atoms with Crippen LogP contribution in [0.5, 0.6) is 0 Å². The molecule has 0 saturated carbocycles. The maximum atomic E-state index is 12.4. The fourth-order valence-electron chi connectivity index (χ4n) is 4.07. The second-order valence-corrected chi connectivity index (χ2v) is 9.12. The zero-order valence-corrected chi connectivity index (χ0v) is 18.2. The van der Waals surface area contributed by atoms with Crippen LogP contribution in [0.1, 0.15) is 39.3 Å². The molecule has 0 spiro atoms. The van der Waals surface area contributed by atoms with Crippen molar-refractivity contribution in [2.75, 3.05) is 25.4 Å². The van der Waals surface area contributed by atoms with Crippen LogP contribution in [0.3, 0.4) is 0 Å². The summed E-state index contributed by atoms with van der Waals surface area (Å²) >= 11 is 0. The van der Waals surface area contributed by atoms with Crippen molar-refractivity contribution in [1.82, 2.24) is 19.7 Å². The minimum absolute atomic E-state index is 0.0480. The lowest BCUT2D eigenvalue weighted by Gasteiger charge is -2.40. The first-order valence-corrected chi connectivity index (χ1v) is 10.5. The fraction of sp³-hybridized carbons (Fsp3) is 0.435. The molecule has 3 N–H and O–H groups in total. The van der Waals surface area contributed by atoms with Crippen molar-refractivity contribution in [3.8, 4) is 5.69 Å². The smallest absolute Gasteiger partial charge is 0.410 e. The number of aliphatic hydroxyl groups excluding tert-OH is 1. The number of aromatic nitrogens is 3. The standard InChI is InChI=1S/C23H29N5O3/c1-22(2,3)31-21(30)27-12-9-23(15-29,10-13-27)19-14-16(8-11-25-19)28-18-7-5-4-6-17(18)20(24)26-28/h4-8,11,14,29H,9-10,12-13,15H2,1-3H3,(H2,24,26). The summed E-state index contributed by atoms with van der Waals surface area (Å²) in [5.74, 6) is 0.469. The van der Waals surface area contributed by atoms with Crippen molar-refractivity contribution in [2.24, 2.45) is 0 Å². The summed E-state index contributed by atoms with van der Waals surface area (Å²) in [6.45, 7) is 6.52. The van der Waals surface area contributed by atoms with Crippen LogP contribution < -0.4 is 5.73 Å². The first kappa shape index (κ1) is 21.1. The number of ether oxygens (including phenoxy) is 1. The van der Waals surface area contributed by atoms with E-state index in [1.165, 1.54) is 0 Å². The Hall–Kier alpha value is -3.13. The van der Waals surface area contributed by atoms with E-state index in [9.17, 15) is 9.90 Å². The summed E-state index contributed by atoms with van der Waals surface area (Å²) in [7, 11) is 0. The van der Waals surface area contributed by atoms with E-state index < -0.39 is 11.0 Å². The van der Waals surface area contributed by atoms with Gasteiger partial charge in [0.1, 0.15) is 5.60 Å². The molecule has 1 fully saturated rings. The second-order valence-electron chi connectivity index (χ2n) is 9.12. The highest BCUT2D eigenvalue weighted by Crippen LogP contribution is 2.35. The number of likely N-dealkylation sites (tertiary alicyclic amines) is 1. The van der Waals surface area contributed by atoms with E-state index >= 15 is 0 Å². The van der Waals surface area contributed by atoms with Crippen molar-refractivity contribution < 1.29 is 14.6 Å². The number of amides is 1. The topological polar surface area (TPSA) is 106 Å². The third-order valence-corrected chi connectivity index (χ3v) is 5.82. The average Bonchev–Trinajstić information content (AvgIpc) is 3.09. The van der Waals surface area contributed by atoms with Crippen LogP contribution in [0.2, 0.25) is 0 Å². The largest absolute Gasteiger partial charge is 0.444 e. The molecule has 3 aromatic rings. The summed E-state index contributed by atoms with van der Waals surface area (Å²) < 4.78 is 7.29. The summed E-state index contributed by atoms with van der Waals surface area (Å²) in [6.07, 6.45) is 2.61. The number of rotatable bonds is 3. The summed E-state index contributed by atoms with van der Waals surface area (Å²) in [5.41, 5.74) is 7.57. The number of benzene rings is 1. The molecule has 8 heteroatoms. The molecule has 0 unspecified atom stereocenters. The van der Waals surface area contributed by atoms with Gasteiger partial charge in [-0.15, -0.1) is 5.10 Å². The third kappa shape index (κ3) is 4.07. The number of para-hydroxylation sites is 1. The van der Waals surface area contributed by atoms with Gasteiger partial charge in [-0.05, 0) is 57.9 Å². The lowest BCUT2D eigenvalue weighted by Crippen LogP contribution is -2.48. The molecule has 0 atom stereocenters. The molecular weight excluding hydrogens is 394 g/mol. The van der Waals surface area contributed by atoms with Crippen molar-refractivity contribution in [3.05, 3.63) is 48.3 Å². The van der Waals surface area contributed by atoms with Gasteiger partial charge in [-0.2, -0.15) is 0 Å². The van der Waals surface area contributed by atoms with Crippen molar-refractivity contribution >= 4 is 22.8 Å². The molecule has 8 nitrogen and oxygen atoms in total. The molecule has 164 valence electrons. The predicted octanol–water partition coefficient (Wildman–Crippen LogP) is 3.26. The lowest BCUT2D eigenvalue weighted by molar-refractivity contribution is 0.0119. The number of nitrogen functional groups attached to an aromatic ring is 1. The van der Waals surface area contributed by atoms with Gasteiger partial charge < -0.3 is 20.5 Å². The highest BCUT2D eigenvalue weighted by molar-refractivity contribution is 5.90. The number of piperidine rings is 1. The number of pyridine rings is 1. The van der Waals surface area contributed by atoms with E-state index in [0.29, 0.717) is 31.7 Å². The van der Waals surface area contributed by atoms with Crippen LogP contribution in [-0.4, -0.2) is 56.2 Å². The van der Waals surface area contributed by atoms with Gasteiger partial charge >= 0.3 is 6.09 Å². The highest BCUT2D eigenvalue weighted by atomic mass is 16.6. The SMILES string of the molecule is CC(C)(C)OC(=O)N1CCC(CO)(c2cc(-n3nc(N)c4ccccc43)ccn2)CC1. The Morgan fingerprint density at radius 1 is 1.23 bits per heavy atom. The van der Waals surface area contributed by atoms with E-state index in [0.717, 1.165) is 22.3 Å². The Labute approximate surface area is 181 Å². The summed E-state index contributed by atoms with van der Waals surface area (Å²) in [5, 5.41) is 15.7. The molecule has 1 aliphatic rings. The second kappa shape index (κ2) is 7.85. The molecule has 3 heterocycles. The minimum Gasteiger partial charge on any atom is -0.444 e. The molecule has 0 aliphatic carbocycles. The maximum Gasteiger partial charge on any atom is 0.410 e. The van der Waals surface area contributed by atoms with Crippen LogP contribution in [0.15, 0.2) is 42.6 Å². The number of hydrogen-bond donors (Lipinski definition) is 2. The lowest BCUT2D eigenvalue weighted by atomic mass is 9.76. The van der Waals surface area contributed by atoms with Gasteiger partial charge in [0.05, 0.1) is 23.5 Å². The molecule has 4 rings (SSSR count). The van der Waals surface area contributed by atoms with Gasteiger partial charge in [-0.1, -0.05) is 12.1 Å². The molecule has 1 saturated heterocycles. The van der Waals surface area contributed by atoms with Crippen LogP contribution in [0.25, 0.3) is 16.6 Å². The average molecular weight is 424 g/mol. The van der Waals surface area contributed by atoms with E-state index in [2.05, 4.69) is 10.1 Å². The van der Waals surface area contributed by atoms with Crippen molar-refractivity contribution in [3.63, 3.8) is 0 Å². The summed E-state index contributed by atoms with van der Waals surface area (Å²) in [4.78, 5) is 18.7. The number of carbonyl (C=O) groups excluding carboxylic acids is 1. The van der Waals surface area contributed by atoms with Crippen LogP contribution in [0, 0.1) is 0 Å². The van der Waals surface area contributed by atoms with E-state index in [-0.39, 0.29) is 12.7 Å². The van der Waals surface area contributed by atoms with Gasteiger partial charge in [0.2, 0.25) is 0 Å². The first-order chi connectivity index (χ1) is 14.7. The van der Waals surface area contributed by atoms with Crippen LogP contribution >= 0.6 is 0 Å².